The molecule has 4 aromatic rings. The zero-order valence-electron chi connectivity index (χ0n) is 23.0. The van der Waals surface area contributed by atoms with Crippen LogP contribution in [0, 0.1) is 0 Å². The summed E-state index contributed by atoms with van der Waals surface area (Å²) in [6.45, 7) is 6.06. The van der Waals surface area contributed by atoms with E-state index in [1.165, 1.54) is 0 Å². The number of benzene rings is 3. The monoisotopic (exact) mass is 529 g/mol. The van der Waals surface area contributed by atoms with Crippen LogP contribution in [0.2, 0.25) is 0 Å². The molecule has 0 radical (unpaired) electrons. The average Bonchev–Trinajstić information content (AvgIpc) is 3.35. The number of nitrogens with zero attached hydrogens (tertiary/aromatic N) is 4. The van der Waals surface area contributed by atoms with Gasteiger partial charge in [0, 0.05) is 12.1 Å². The number of methoxy groups -OCH3 is 2. The van der Waals surface area contributed by atoms with Crippen molar-refractivity contribution in [2.24, 2.45) is 0 Å². The third-order valence-corrected chi connectivity index (χ3v) is 6.85. The van der Waals surface area contributed by atoms with Crippen LogP contribution in [0.3, 0.4) is 0 Å². The first-order valence-corrected chi connectivity index (χ1v) is 12.9. The van der Waals surface area contributed by atoms with Gasteiger partial charge in [-0.05, 0) is 55.7 Å². The summed E-state index contributed by atoms with van der Waals surface area (Å²) >= 11 is 0. The smallest absolute Gasteiger partial charge is 0.247 e. The van der Waals surface area contributed by atoms with E-state index in [1.807, 2.05) is 75.4 Å². The van der Waals surface area contributed by atoms with Crippen LogP contribution in [0.25, 0.3) is 11.0 Å². The van der Waals surface area contributed by atoms with Gasteiger partial charge in [0.05, 0.1) is 19.7 Å². The molecule has 0 fully saturated rings. The van der Waals surface area contributed by atoms with Crippen LogP contribution < -0.4 is 14.8 Å². The highest BCUT2D eigenvalue weighted by atomic mass is 16.5. The summed E-state index contributed by atoms with van der Waals surface area (Å²) in [4.78, 5) is 29.7. The number of hydrogen-bond donors (Lipinski definition) is 1. The number of amides is 2. The summed E-state index contributed by atoms with van der Waals surface area (Å²) in [6, 6.07) is 21.4. The minimum absolute atomic E-state index is 0.0818. The molecule has 9 nitrogen and oxygen atoms in total. The van der Waals surface area contributed by atoms with E-state index in [4.69, 9.17) is 9.47 Å². The number of fused-ring (bicyclic) bond motifs is 1. The lowest BCUT2D eigenvalue weighted by molar-refractivity contribution is -0.143. The number of ether oxygens (including phenoxy) is 2. The van der Waals surface area contributed by atoms with Gasteiger partial charge < -0.3 is 19.7 Å². The number of aromatic nitrogens is 3. The zero-order valence-corrected chi connectivity index (χ0v) is 23.0. The van der Waals surface area contributed by atoms with Crippen molar-refractivity contribution in [1.82, 2.24) is 25.2 Å². The molecule has 204 valence electrons. The minimum Gasteiger partial charge on any atom is -0.493 e. The van der Waals surface area contributed by atoms with E-state index in [0.717, 1.165) is 17.5 Å². The number of hydrogen-bond acceptors (Lipinski definition) is 6. The van der Waals surface area contributed by atoms with Gasteiger partial charge in [-0.2, -0.15) is 0 Å². The van der Waals surface area contributed by atoms with Crippen LogP contribution >= 0.6 is 0 Å². The van der Waals surface area contributed by atoms with E-state index >= 15 is 0 Å². The average molecular weight is 530 g/mol. The van der Waals surface area contributed by atoms with Gasteiger partial charge in [0.1, 0.15) is 18.1 Å². The van der Waals surface area contributed by atoms with Crippen molar-refractivity contribution in [2.75, 3.05) is 14.2 Å². The normalized spacial score (nSPS) is 12.1. The van der Waals surface area contributed by atoms with Crippen molar-refractivity contribution in [3.8, 4) is 11.5 Å². The van der Waals surface area contributed by atoms with Gasteiger partial charge in [-0.15, -0.1) is 5.10 Å². The van der Waals surface area contributed by atoms with Gasteiger partial charge in [-0.25, -0.2) is 4.68 Å². The zero-order chi connectivity index (χ0) is 28.0. The summed E-state index contributed by atoms with van der Waals surface area (Å²) in [5, 5.41) is 11.5. The van der Waals surface area contributed by atoms with Gasteiger partial charge in [-0.3, -0.25) is 9.59 Å². The molecule has 0 spiro atoms. The predicted octanol–water partition coefficient (Wildman–Crippen LogP) is 4.52. The molecule has 1 heterocycles. The number of carbonyl (C=O) groups excluding carboxylic acids is 2. The van der Waals surface area contributed by atoms with Crippen LogP contribution in [0.4, 0.5) is 0 Å². The minimum atomic E-state index is -0.946. The topological polar surface area (TPSA) is 98.6 Å². The first kappa shape index (κ1) is 27.6. The maximum Gasteiger partial charge on any atom is 0.247 e. The van der Waals surface area contributed by atoms with E-state index < -0.39 is 11.6 Å². The first-order chi connectivity index (χ1) is 18.8. The SMILES string of the molecule is CCC(C)(C)NC(=O)[C@@H](c1ccc(OC)c(OC)c1)N(Cc1ccccc1)C(=O)Cn1nnc2ccccc21. The number of nitrogens with one attached hydrogen (secondary N) is 1. The Morgan fingerprint density at radius 2 is 1.67 bits per heavy atom. The third-order valence-electron chi connectivity index (χ3n) is 6.85. The molecule has 1 atom stereocenters. The molecule has 39 heavy (non-hydrogen) atoms. The highest BCUT2D eigenvalue weighted by molar-refractivity contribution is 5.89. The molecule has 0 aliphatic carbocycles. The first-order valence-electron chi connectivity index (χ1n) is 12.9. The summed E-state index contributed by atoms with van der Waals surface area (Å²) in [5.74, 6) is 0.432. The molecule has 1 aromatic heterocycles. The molecule has 2 amide bonds. The van der Waals surface area contributed by atoms with Crippen molar-refractivity contribution in [3.63, 3.8) is 0 Å². The van der Waals surface area contributed by atoms with Gasteiger partial charge in [0.2, 0.25) is 11.8 Å². The number of carbonyl (C=O) groups is 2. The number of rotatable bonds is 11. The highest BCUT2D eigenvalue weighted by Crippen LogP contribution is 2.33. The van der Waals surface area contributed by atoms with Crippen molar-refractivity contribution < 1.29 is 19.1 Å². The van der Waals surface area contributed by atoms with Gasteiger partial charge in [0.25, 0.3) is 0 Å². The van der Waals surface area contributed by atoms with Gasteiger partial charge >= 0.3 is 0 Å². The van der Waals surface area contributed by atoms with E-state index in [0.29, 0.717) is 22.6 Å². The quantitative estimate of drug-likeness (QED) is 0.307. The van der Waals surface area contributed by atoms with Crippen molar-refractivity contribution in [1.29, 1.82) is 0 Å². The second kappa shape index (κ2) is 12.0. The second-order valence-electron chi connectivity index (χ2n) is 9.99. The Labute approximate surface area is 228 Å². The third kappa shape index (κ3) is 6.37. The molecule has 0 aliphatic rings. The van der Waals surface area contributed by atoms with Crippen LogP contribution in [0.1, 0.15) is 44.4 Å². The van der Waals surface area contributed by atoms with Crippen LogP contribution in [0.5, 0.6) is 11.5 Å². The molecule has 0 unspecified atom stereocenters. The lowest BCUT2D eigenvalue weighted by atomic mass is 9.98. The Morgan fingerprint density at radius 1 is 0.974 bits per heavy atom. The Balaban J connectivity index is 1.81. The molecule has 4 rings (SSSR count). The molecule has 0 bridgehead atoms. The second-order valence-corrected chi connectivity index (χ2v) is 9.99. The van der Waals surface area contributed by atoms with Gasteiger partial charge in [0.15, 0.2) is 11.5 Å². The Hall–Kier alpha value is -4.40. The summed E-state index contributed by atoms with van der Waals surface area (Å²) in [5.41, 5.74) is 2.45. The summed E-state index contributed by atoms with van der Waals surface area (Å²) < 4.78 is 12.5. The fraction of sp³-hybridized carbons (Fsp3) is 0.333. The van der Waals surface area contributed by atoms with Crippen molar-refractivity contribution >= 4 is 22.8 Å². The van der Waals surface area contributed by atoms with Gasteiger partial charge in [-0.1, -0.05) is 60.7 Å². The highest BCUT2D eigenvalue weighted by Gasteiger charge is 2.35. The molecule has 0 aliphatic heterocycles. The van der Waals surface area contributed by atoms with E-state index in [-0.39, 0.29) is 24.9 Å². The van der Waals surface area contributed by atoms with E-state index in [1.54, 1.807) is 42.0 Å². The molecule has 1 N–H and O–H groups in total. The van der Waals surface area contributed by atoms with Crippen molar-refractivity contribution in [2.45, 2.75) is 51.9 Å². The van der Waals surface area contributed by atoms with Crippen LogP contribution in [0.15, 0.2) is 72.8 Å². The Kier molecular flexibility index (Phi) is 8.49. The Morgan fingerprint density at radius 3 is 2.36 bits per heavy atom. The molecule has 0 saturated heterocycles. The largest absolute Gasteiger partial charge is 0.493 e. The standard InChI is InChI=1S/C30H35N5O4/c1-6-30(2,3)31-29(37)28(22-16-17-25(38-4)26(18-22)39-5)34(19-21-12-8-7-9-13-21)27(36)20-35-24-15-11-10-14-23(24)32-33-35/h7-18,28H,6,19-20H2,1-5H3,(H,31,37)/t28-/m1/s1. The Bertz CT molecular complexity index is 1430. The van der Waals surface area contributed by atoms with E-state index in [2.05, 4.69) is 15.6 Å². The molecule has 9 heteroatoms. The molecule has 0 saturated carbocycles. The fourth-order valence-corrected chi connectivity index (χ4v) is 4.34. The van der Waals surface area contributed by atoms with Crippen molar-refractivity contribution in [3.05, 3.63) is 83.9 Å². The molecule has 3 aromatic carbocycles. The van der Waals surface area contributed by atoms with E-state index in [9.17, 15) is 9.59 Å². The predicted molar refractivity (Wildman–Crippen MR) is 149 cm³/mol. The molecular weight excluding hydrogens is 494 g/mol. The lowest BCUT2D eigenvalue weighted by Crippen LogP contribution is -2.50. The maximum absolute atomic E-state index is 14.1. The molecular formula is C30H35N5O4. The maximum atomic E-state index is 14.1. The van der Waals surface area contributed by atoms with Crippen LogP contribution in [-0.4, -0.2) is 51.5 Å². The summed E-state index contributed by atoms with van der Waals surface area (Å²) in [6.07, 6.45) is 0.717. The number of para-hydroxylation sites is 1. The van der Waals surface area contributed by atoms with Crippen LogP contribution in [-0.2, 0) is 22.7 Å². The summed E-state index contributed by atoms with van der Waals surface area (Å²) in [7, 11) is 3.10. The fourth-order valence-electron chi connectivity index (χ4n) is 4.34. The lowest BCUT2D eigenvalue weighted by Gasteiger charge is -2.35.